The number of nitriles is 1. The van der Waals surface area contributed by atoms with Crippen molar-refractivity contribution in [1.29, 1.82) is 5.26 Å². The number of aromatic nitrogens is 1. The Morgan fingerprint density at radius 2 is 1.09 bits per heavy atom. The second kappa shape index (κ2) is 9.09. The van der Waals surface area contributed by atoms with E-state index in [0.717, 1.165) is 16.7 Å². The third kappa shape index (κ3) is 3.96. The van der Waals surface area contributed by atoms with Gasteiger partial charge in [0.25, 0.3) is 0 Å². The summed E-state index contributed by atoms with van der Waals surface area (Å²) in [5, 5.41) is 9.58. The van der Waals surface area contributed by atoms with Crippen molar-refractivity contribution in [3.8, 4) is 50.8 Å². The monoisotopic (exact) mass is 444 g/mol. The van der Waals surface area contributed by atoms with Crippen molar-refractivity contribution in [3.63, 3.8) is 0 Å². The molecule has 1 aromatic heterocycles. The fourth-order valence-corrected chi connectivity index (χ4v) is 3.99. The molecule has 162 valence electrons. The lowest BCUT2D eigenvalue weighted by Gasteiger charge is -2.14. The molecule has 0 aliphatic heterocycles. The molecule has 0 spiro atoms. The molecule has 34 heavy (non-hydrogen) atoms. The van der Waals surface area contributed by atoms with Crippen LogP contribution in [0.3, 0.4) is 0 Å². The summed E-state index contributed by atoms with van der Waals surface area (Å²) in [6, 6.07) is 34.5. The van der Waals surface area contributed by atoms with Crippen molar-refractivity contribution in [2.75, 3.05) is 0 Å². The average Bonchev–Trinajstić information content (AvgIpc) is 2.90. The van der Waals surface area contributed by atoms with E-state index in [9.17, 15) is 5.26 Å². The average molecular weight is 444 g/mol. The molecule has 0 N–H and O–H groups in total. The van der Waals surface area contributed by atoms with Crippen LogP contribution in [0.2, 0.25) is 0 Å². The van der Waals surface area contributed by atoms with Crippen molar-refractivity contribution in [3.05, 3.63) is 126 Å². The predicted octanol–water partition coefficient (Wildman–Crippen LogP) is 7.90. The van der Waals surface area contributed by atoms with Gasteiger partial charge in [-0.25, -0.2) is 13.8 Å². The first-order chi connectivity index (χ1) is 16.7. The van der Waals surface area contributed by atoms with Crippen LogP contribution in [0.15, 0.2) is 109 Å². The van der Waals surface area contributed by atoms with Crippen LogP contribution >= 0.6 is 0 Å². The zero-order chi connectivity index (χ0) is 23.5. The number of pyridine rings is 1. The molecule has 0 atom stereocenters. The summed E-state index contributed by atoms with van der Waals surface area (Å²) in [6.07, 6.45) is 0. The zero-order valence-electron chi connectivity index (χ0n) is 18.0. The van der Waals surface area contributed by atoms with E-state index in [1.165, 1.54) is 6.07 Å². The molecule has 4 aromatic carbocycles. The van der Waals surface area contributed by atoms with Gasteiger partial charge in [-0.15, -0.1) is 0 Å². The maximum absolute atomic E-state index is 15.9. The highest BCUT2D eigenvalue weighted by Gasteiger charge is 2.22. The molecule has 2 nitrogen and oxygen atoms in total. The van der Waals surface area contributed by atoms with Gasteiger partial charge in [-0.3, -0.25) is 0 Å². The first-order valence-corrected chi connectivity index (χ1v) is 10.8. The highest BCUT2D eigenvalue weighted by molar-refractivity contribution is 5.80. The van der Waals surface area contributed by atoms with Crippen LogP contribution in [0.5, 0.6) is 0 Å². The van der Waals surface area contributed by atoms with Gasteiger partial charge in [0, 0.05) is 11.1 Å². The Bertz CT molecular complexity index is 1450. The smallest absolute Gasteiger partial charge is 0.151 e. The lowest BCUT2D eigenvalue weighted by atomic mass is 9.94. The second-order valence-electron chi connectivity index (χ2n) is 7.81. The van der Waals surface area contributed by atoms with E-state index < -0.39 is 11.6 Å². The molecule has 1 heterocycles. The summed E-state index contributed by atoms with van der Waals surface area (Å²) in [4.78, 5) is 4.73. The summed E-state index contributed by atoms with van der Waals surface area (Å²) in [6.45, 7) is 0. The van der Waals surface area contributed by atoms with Gasteiger partial charge in [0.2, 0.25) is 0 Å². The minimum absolute atomic E-state index is 0.0757. The molecule has 4 heteroatoms. The molecule has 5 aromatic rings. The highest BCUT2D eigenvalue weighted by atomic mass is 19.1. The summed E-state index contributed by atoms with van der Waals surface area (Å²) in [7, 11) is 0. The Kier molecular flexibility index (Phi) is 5.68. The Morgan fingerprint density at radius 3 is 1.68 bits per heavy atom. The van der Waals surface area contributed by atoms with Crippen LogP contribution in [0.25, 0.3) is 44.8 Å². The molecule has 0 saturated heterocycles. The van der Waals surface area contributed by atoms with E-state index in [4.69, 9.17) is 4.98 Å². The number of nitrogens with zero attached hydrogens (tertiary/aromatic N) is 2. The SMILES string of the molecule is N#Cc1cc(-c2cc(-c3ccccc3)cc(-c3ccccc3)n2)c(F)c(-c2ccccc2)c1F. The van der Waals surface area contributed by atoms with Crippen LogP contribution in [0.4, 0.5) is 8.78 Å². The van der Waals surface area contributed by atoms with Crippen LogP contribution in [0, 0.1) is 23.0 Å². The van der Waals surface area contributed by atoms with E-state index in [1.54, 1.807) is 36.4 Å². The van der Waals surface area contributed by atoms with E-state index in [2.05, 4.69) is 0 Å². The minimum Gasteiger partial charge on any atom is -0.248 e. The minimum atomic E-state index is -0.877. The third-order valence-electron chi connectivity index (χ3n) is 5.66. The fraction of sp³-hybridized carbons (Fsp3) is 0. The van der Waals surface area contributed by atoms with Gasteiger partial charge >= 0.3 is 0 Å². The van der Waals surface area contributed by atoms with Gasteiger partial charge in [0.05, 0.1) is 22.5 Å². The summed E-state index contributed by atoms with van der Waals surface area (Å²) < 4.78 is 31.0. The van der Waals surface area contributed by atoms with Crippen molar-refractivity contribution in [1.82, 2.24) is 4.98 Å². The normalized spacial score (nSPS) is 10.6. The van der Waals surface area contributed by atoms with Gasteiger partial charge in [-0.2, -0.15) is 5.26 Å². The first-order valence-electron chi connectivity index (χ1n) is 10.8. The molecule has 0 amide bonds. The quantitative estimate of drug-likeness (QED) is 0.282. The van der Waals surface area contributed by atoms with Crippen LogP contribution in [-0.2, 0) is 0 Å². The van der Waals surface area contributed by atoms with Gasteiger partial charge in [0.1, 0.15) is 11.9 Å². The van der Waals surface area contributed by atoms with Gasteiger partial charge in [-0.1, -0.05) is 91.0 Å². The molecule has 0 fully saturated rings. The lowest BCUT2D eigenvalue weighted by molar-refractivity contribution is 0.589. The largest absolute Gasteiger partial charge is 0.248 e. The summed E-state index contributed by atoms with van der Waals surface area (Å²) in [5.41, 5.74) is 3.60. The molecular weight excluding hydrogens is 426 g/mol. The van der Waals surface area contributed by atoms with E-state index in [1.807, 2.05) is 72.8 Å². The van der Waals surface area contributed by atoms with Crippen molar-refractivity contribution < 1.29 is 8.78 Å². The van der Waals surface area contributed by atoms with E-state index in [0.29, 0.717) is 17.0 Å². The molecule has 0 saturated carbocycles. The Morgan fingerprint density at radius 1 is 0.559 bits per heavy atom. The fourth-order valence-electron chi connectivity index (χ4n) is 3.99. The number of hydrogen-bond donors (Lipinski definition) is 0. The van der Waals surface area contributed by atoms with E-state index in [-0.39, 0.29) is 16.7 Å². The van der Waals surface area contributed by atoms with Crippen molar-refractivity contribution >= 4 is 0 Å². The van der Waals surface area contributed by atoms with Crippen molar-refractivity contribution in [2.24, 2.45) is 0 Å². The molecule has 0 unspecified atom stereocenters. The van der Waals surface area contributed by atoms with Crippen LogP contribution in [-0.4, -0.2) is 4.98 Å². The number of hydrogen-bond acceptors (Lipinski definition) is 2. The number of halogens is 2. The summed E-state index contributed by atoms with van der Waals surface area (Å²) >= 11 is 0. The first kappa shape index (κ1) is 21.2. The van der Waals surface area contributed by atoms with Crippen molar-refractivity contribution in [2.45, 2.75) is 0 Å². The molecule has 0 aliphatic carbocycles. The molecule has 0 bridgehead atoms. The number of rotatable bonds is 4. The Balaban J connectivity index is 1.79. The van der Waals surface area contributed by atoms with Gasteiger partial charge in [0.15, 0.2) is 5.82 Å². The van der Waals surface area contributed by atoms with Gasteiger partial charge in [-0.05, 0) is 34.9 Å². The highest BCUT2D eigenvalue weighted by Crippen LogP contribution is 2.37. The van der Waals surface area contributed by atoms with E-state index >= 15 is 8.78 Å². The zero-order valence-corrected chi connectivity index (χ0v) is 18.0. The Labute approximate surface area is 196 Å². The maximum atomic E-state index is 15.9. The predicted molar refractivity (Wildman–Crippen MR) is 131 cm³/mol. The van der Waals surface area contributed by atoms with Gasteiger partial charge < -0.3 is 0 Å². The molecular formula is C30H18F2N2. The summed E-state index contributed by atoms with van der Waals surface area (Å²) in [5.74, 6) is -1.63. The lowest BCUT2D eigenvalue weighted by Crippen LogP contribution is -2.00. The Hall–Kier alpha value is -4.62. The van der Waals surface area contributed by atoms with Crippen LogP contribution < -0.4 is 0 Å². The topological polar surface area (TPSA) is 36.7 Å². The second-order valence-corrected chi connectivity index (χ2v) is 7.81. The molecule has 0 aliphatic rings. The molecule has 0 radical (unpaired) electrons. The number of benzene rings is 4. The standard InChI is InChI=1S/C30H18F2N2/c31-29-24(19-33)16-25(30(32)28(29)22-14-8-3-9-15-22)27-18-23(20-10-4-1-5-11-20)17-26(34-27)21-12-6-2-7-13-21/h1-18H. The molecule has 5 rings (SSSR count). The third-order valence-corrected chi connectivity index (χ3v) is 5.66. The maximum Gasteiger partial charge on any atom is 0.151 e. The van der Waals surface area contributed by atoms with Crippen LogP contribution in [0.1, 0.15) is 5.56 Å².